The standard InChI is InChI=1S/C9H13N3O4S/c1-8(2,9(3,4)12(15)16)7-10-5-6(17-7)11(13)14/h5H,1-4H3. The zero-order valence-electron chi connectivity index (χ0n) is 9.96. The van der Waals surface area contributed by atoms with Gasteiger partial charge < -0.3 is 0 Å². The van der Waals surface area contributed by atoms with E-state index in [-0.39, 0.29) is 9.92 Å². The van der Waals surface area contributed by atoms with Crippen molar-refractivity contribution in [3.8, 4) is 0 Å². The van der Waals surface area contributed by atoms with Crippen molar-refractivity contribution in [3.63, 3.8) is 0 Å². The Morgan fingerprint density at radius 3 is 2.12 bits per heavy atom. The van der Waals surface area contributed by atoms with Gasteiger partial charge in [0.15, 0.2) is 0 Å². The summed E-state index contributed by atoms with van der Waals surface area (Å²) in [6.07, 6.45) is 1.14. The first-order valence-electron chi connectivity index (χ1n) is 4.86. The van der Waals surface area contributed by atoms with E-state index in [1.165, 1.54) is 13.8 Å². The van der Waals surface area contributed by atoms with Gasteiger partial charge in [0.2, 0.25) is 5.54 Å². The van der Waals surface area contributed by atoms with Gasteiger partial charge in [-0.3, -0.25) is 20.2 Å². The minimum atomic E-state index is -1.25. The highest BCUT2D eigenvalue weighted by Gasteiger charge is 2.51. The second kappa shape index (κ2) is 4.02. The van der Waals surface area contributed by atoms with Crippen molar-refractivity contribution >= 4 is 16.3 Å². The largest absolute Gasteiger partial charge is 0.343 e. The Kier molecular flexibility index (Phi) is 3.19. The summed E-state index contributed by atoms with van der Waals surface area (Å²) in [5, 5.41) is 21.9. The van der Waals surface area contributed by atoms with Crippen molar-refractivity contribution in [2.45, 2.75) is 38.6 Å². The summed E-state index contributed by atoms with van der Waals surface area (Å²) in [6, 6.07) is 0. The van der Waals surface area contributed by atoms with E-state index in [9.17, 15) is 20.2 Å². The van der Waals surface area contributed by atoms with Gasteiger partial charge in [-0.15, -0.1) is 0 Å². The summed E-state index contributed by atoms with van der Waals surface area (Å²) >= 11 is 0.878. The maximum absolute atomic E-state index is 11.0. The lowest BCUT2D eigenvalue weighted by molar-refractivity contribution is -0.573. The summed E-state index contributed by atoms with van der Waals surface area (Å²) in [5.74, 6) is 0. The highest BCUT2D eigenvalue weighted by atomic mass is 32.1. The molecule has 0 aliphatic carbocycles. The number of aromatic nitrogens is 1. The van der Waals surface area contributed by atoms with Crippen LogP contribution in [0.4, 0.5) is 5.00 Å². The van der Waals surface area contributed by atoms with Gasteiger partial charge in [0.25, 0.3) is 0 Å². The first-order chi connectivity index (χ1) is 7.60. The number of rotatable bonds is 4. The van der Waals surface area contributed by atoms with Gasteiger partial charge in [0.05, 0.1) is 10.3 Å². The molecule has 0 N–H and O–H groups in total. The van der Waals surface area contributed by atoms with Crippen LogP contribution in [0, 0.1) is 20.2 Å². The Labute approximate surface area is 102 Å². The van der Waals surface area contributed by atoms with Crippen molar-refractivity contribution in [2.75, 3.05) is 0 Å². The van der Waals surface area contributed by atoms with Crippen LogP contribution < -0.4 is 0 Å². The van der Waals surface area contributed by atoms with E-state index in [1.807, 2.05) is 0 Å². The third kappa shape index (κ3) is 2.12. The zero-order valence-corrected chi connectivity index (χ0v) is 10.8. The van der Waals surface area contributed by atoms with Crippen molar-refractivity contribution in [1.82, 2.24) is 4.98 Å². The average Bonchev–Trinajstić information content (AvgIpc) is 2.65. The van der Waals surface area contributed by atoms with Gasteiger partial charge in [-0.05, 0) is 25.2 Å². The maximum atomic E-state index is 11.0. The van der Waals surface area contributed by atoms with Gasteiger partial charge in [0, 0.05) is 18.8 Å². The zero-order chi connectivity index (χ0) is 13.4. The summed E-state index contributed by atoms with van der Waals surface area (Å²) < 4.78 is 0. The molecule has 0 radical (unpaired) electrons. The first kappa shape index (κ1) is 13.5. The normalized spacial score (nSPS) is 12.5. The van der Waals surface area contributed by atoms with E-state index >= 15 is 0 Å². The number of nitrogens with zero attached hydrogens (tertiary/aromatic N) is 3. The molecular formula is C9H13N3O4S. The van der Waals surface area contributed by atoms with Crippen molar-refractivity contribution < 1.29 is 9.85 Å². The van der Waals surface area contributed by atoms with Crippen LogP contribution >= 0.6 is 11.3 Å². The fraction of sp³-hybridized carbons (Fsp3) is 0.667. The van der Waals surface area contributed by atoms with Crippen LogP contribution in [0.5, 0.6) is 0 Å². The molecule has 0 aromatic carbocycles. The van der Waals surface area contributed by atoms with Crippen molar-refractivity contribution in [2.24, 2.45) is 0 Å². The molecule has 0 aliphatic rings. The molecule has 7 nitrogen and oxygen atoms in total. The maximum Gasteiger partial charge on any atom is 0.343 e. The van der Waals surface area contributed by atoms with Gasteiger partial charge in [-0.25, -0.2) is 4.98 Å². The van der Waals surface area contributed by atoms with Crippen molar-refractivity contribution in [3.05, 3.63) is 31.4 Å². The first-order valence-corrected chi connectivity index (χ1v) is 5.67. The molecule has 1 aromatic heterocycles. The van der Waals surface area contributed by atoms with E-state index < -0.39 is 15.9 Å². The highest BCUT2D eigenvalue weighted by Crippen LogP contribution is 2.40. The van der Waals surface area contributed by atoms with E-state index in [0.29, 0.717) is 5.01 Å². The predicted molar refractivity (Wildman–Crippen MR) is 62.9 cm³/mol. The topological polar surface area (TPSA) is 99.2 Å². The van der Waals surface area contributed by atoms with Crippen molar-refractivity contribution in [1.29, 1.82) is 0 Å². The number of hydrogen-bond donors (Lipinski definition) is 0. The predicted octanol–water partition coefficient (Wildman–Crippen LogP) is 2.38. The van der Waals surface area contributed by atoms with Crippen LogP contribution in [0.15, 0.2) is 6.20 Å². The molecule has 0 amide bonds. The Morgan fingerprint density at radius 1 is 1.24 bits per heavy atom. The molecule has 94 valence electrons. The summed E-state index contributed by atoms with van der Waals surface area (Å²) in [6.45, 7) is 6.30. The van der Waals surface area contributed by atoms with Crippen LogP contribution in [-0.2, 0) is 5.41 Å². The molecule has 1 heterocycles. The molecular weight excluding hydrogens is 246 g/mol. The summed E-state index contributed by atoms with van der Waals surface area (Å²) in [4.78, 5) is 24.6. The smallest absolute Gasteiger partial charge is 0.264 e. The van der Waals surface area contributed by atoms with Gasteiger partial charge in [0.1, 0.15) is 11.2 Å². The van der Waals surface area contributed by atoms with Crippen LogP contribution in [0.1, 0.15) is 32.7 Å². The van der Waals surface area contributed by atoms with E-state index in [1.54, 1.807) is 13.8 Å². The summed E-state index contributed by atoms with van der Waals surface area (Å²) in [7, 11) is 0. The highest BCUT2D eigenvalue weighted by molar-refractivity contribution is 7.15. The molecule has 0 saturated carbocycles. The average molecular weight is 259 g/mol. The fourth-order valence-corrected chi connectivity index (χ4v) is 2.12. The molecule has 0 fully saturated rings. The molecule has 1 aromatic rings. The van der Waals surface area contributed by atoms with E-state index in [4.69, 9.17) is 0 Å². The lowest BCUT2D eigenvalue weighted by Gasteiger charge is -2.31. The molecule has 1 rings (SSSR count). The lowest BCUT2D eigenvalue weighted by Crippen LogP contribution is -2.48. The molecule has 0 unspecified atom stereocenters. The minimum absolute atomic E-state index is 0.104. The SMILES string of the molecule is CC(C)(c1ncc([N+](=O)[O-])s1)C(C)(C)[N+](=O)[O-]. The minimum Gasteiger partial charge on any atom is -0.264 e. The summed E-state index contributed by atoms with van der Waals surface area (Å²) in [5.41, 5.74) is -2.13. The molecule has 0 atom stereocenters. The van der Waals surface area contributed by atoms with Crippen LogP contribution in [0.2, 0.25) is 0 Å². The second-order valence-electron chi connectivity index (χ2n) is 4.70. The molecule has 0 bridgehead atoms. The van der Waals surface area contributed by atoms with Crippen LogP contribution in [-0.4, -0.2) is 20.4 Å². The number of thiazole rings is 1. The second-order valence-corrected chi connectivity index (χ2v) is 5.71. The van der Waals surface area contributed by atoms with E-state index in [0.717, 1.165) is 17.5 Å². The molecule has 17 heavy (non-hydrogen) atoms. The van der Waals surface area contributed by atoms with Crippen LogP contribution in [0.3, 0.4) is 0 Å². The molecule has 0 saturated heterocycles. The number of nitro groups is 2. The Morgan fingerprint density at radius 2 is 1.76 bits per heavy atom. The Balaban J connectivity index is 3.21. The third-order valence-electron chi connectivity index (χ3n) is 3.19. The van der Waals surface area contributed by atoms with Gasteiger partial charge >= 0.3 is 5.00 Å². The molecule has 8 heteroatoms. The Hall–Kier alpha value is -1.57. The fourth-order valence-electron chi connectivity index (χ4n) is 1.13. The molecule has 0 spiro atoms. The van der Waals surface area contributed by atoms with E-state index in [2.05, 4.69) is 4.98 Å². The quantitative estimate of drug-likeness (QED) is 0.610. The monoisotopic (exact) mass is 259 g/mol. The van der Waals surface area contributed by atoms with Gasteiger partial charge in [-0.2, -0.15) is 0 Å². The number of hydrogen-bond acceptors (Lipinski definition) is 6. The third-order valence-corrected chi connectivity index (χ3v) is 4.47. The Bertz CT molecular complexity index is 467. The van der Waals surface area contributed by atoms with Gasteiger partial charge in [-0.1, -0.05) is 0 Å². The molecule has 0 aliphatic heterocycles. The van der Waals surface area contributed by atoms with Crippen LogP contribution in [0.25, 0.3) is 0 Å². The lowest BCUT2D eigenvalue weighted by atomic mass is 9.75.